The van der Waals surface area contributed by atoms with Crippen molar-refractivity contribution in [3.05, 3.63) is 76.7 Å². The van der Waals surface area contributed by atoms with Gasteiger partial charge in [0.1, 0.15) is 6.04 Å². The Labute approximate surface area is 168 Å². The van der Waals surface area contributed by atoms with Crippen LogP contribution in [0.25, 0.3) is 0 Å². The van der Waals surface area contributed by atoms with Crippen LogP contribution >= 0.6 is 11.3 Å². The number of rotatable bonds is 6. The second-order valence-corrected chi connectivity index (χ2v) is 7.74. The first-order chi connectivity index (χ1) is 13.8. The summed E-state index contributed by atoms with van der Waals surface area (Å²) < 4.78 is 0. The molecular weight excluding hydrogens is 370 g/mol. The molecule has 3 heterocycles. The second kappa shape index (κ2) is 8.95. The van der Waals surface area contributed by atoms with Gasteiger partial charge in [-0.25, -0.2) is 9.97 Å². The summed E-state index contributed by atoms with van der Waals surface area (Å²) >= 11 is 1.73. The number of carbonyl (C=O) groups excluding carboxylic acids is 1. The van der Waals surface area contributed by atoms with E-state index >= 15 is 0 Å². The van der Waals surface area contributed by atoms with Crippen LogP contribution in [0.1, 0.15) is 16.5 Å². The number of nitrogens with zero attached hydrogens (tertiary/aromatic N) is 4. The van der Waals surface area contributed by atoms with Gasteiger partial charge < -0.3 is 15.1 Å². The molecule has 4 rings (SSSR count). The summed E-state index contributed by atoms with van der Waals surface area (Å²) in [7, 11) is 0. The lowest BCUT2D eigenvalue weighted by Crippen LogP contribution is -2.87. The summed E-state index contributed by atoms with van der Waals surface area (Å²) in [5.41, 5.74) is 1.23. The minimum absolute atomic E-state index is 0.157. The van der Waals surface area contributed by atoms with Crippen LogP contribution in [0.5, 0.6) is 0 Å². The van der Waals surface area contributed by atoms with Crippen LogP contribution < -0.4 is 10.2 Å². The molecule has 1 aliphatic heterocycles. The Hall–Kier alpha value is -2.77. The number of benzene rings is 1. The highest BCUT2D eigenvalue weighted by Crippen LogP contribution is 2.22. The molecule has 1 saturated heterocycles. The van der Waals surface area contributed by atoms with Crippen molar-refractivity contribution in [2.24, 2.45) is 0 Å². The molecular formula is C21H24N5OS+. The fourth-order valence-corrected chi connectivity index (χ4v) is 4.35. The molecule has 1 amide bonds. The van der Waals surface area contributed by atoms with E-state index in [1.165, 1.54) is 10.4 Å². The zero-order chi connectivity index (χ0) is 19.2. The average molecular weight is 395 g/mol. The lowest BCUT2D eigenvalue weighted by Gasteiger charge is -2.34. The molecule has 28 heavy (non-hydrogen) atoms. The highest BCUT2D eigenvalue weighted by Gasteiger charge is 2.25. The van der Waals surface area contributed by atoms with Gasteiger partial charge >= 0.3 is 0 Å². The third kappa shape index (κ3) is 4.37. The zero-order valence-electron chi connectivity index (χ0n) is 15.6. The molecule has 0 aliphatic carbocycles. The molecule has 0 bridgehead atoms. The number of piperazine rings is 1. The standard InChI is InChI=1S/C21H23N5OS/c27-19(25-11-13-26(14-12-25)21-22-9-5-10-23-21)16-24-20(18-8-4-15-28-18)17-6-2-1-3-7-17/h1-10,15,20,24H,11-14,16H2/p+1/t20-/m0/s1. The molecule has 6 nitrogen and oxygen atoms in total. The van der Waals surface area contributed by atoms with Crippen LogP contribution in [0.4, 0.5) is 5.95 Å². The van der Waals surface area contributed by atoms with Crippen LogP contribution in [-0.4, -0.2) is 53.5 Å². The number of thiophene rings is 1. The van der Waals surface area contributed by atoms with E-state index < -0.39 is 0 Å². The Balaban J connectivity index is 1.34. The first-order valence-electron chi connectivity index (χ1n) is 9.52. The maximum Gasteiger partial charge on any atom is 0.277 e. The summed E-state index contributed by atoms with van der Waals surface area (Å²) in [6.07, 6.45) is 3.51. The summed E-state index contributed by atoms with van der Waals surface area (Å²) in [4.78, 5) is 26.7. The van der Waals surface area contributed by atoms with Crippen molar-refractivity contribution in [2.75, 3.05) is 37.6 Å². The Kier molecular flexibility index (Phi) is 5.94. The smallest absolute Gasteiger partial charge is 0.277 e. The molecule has 7 heteroatoms. The lowest BCUT2D eigenvalue weighted by atomic mass is 10.1. The number of aromatic nitrogens is 2. The number of hydrogen-bond donors (Lipinski definition) is 1. The van der Waals surface area contributed by atoms with Gasteiger partial charge in [0, 0.05) is 44.1 Å². The number of quaternary nitrogens is 1. The Bertz CT molecular complexity index is 864. The predicted octanol–water partition coefficient (Wildman–Crippen LogP) is 1.54. The van der Waals surface area contributed by atoms with Crippen LogP contribution in [0.3, 0.4) is 0 Å². The van der Waals surface area contributed by atoms with E-state index in [0.29, 0.717) is 19.6 Å². The van der Waals surface area contributed by atoms with Crippen LogP contribution in [0.2, 0.25) is 0 Å². The zero-order valence-corrected chi connectivity index (χ0v) is 16.5. The van der Waals surface area contributed by atoms with E-state index in [1.807, 2.05) is 17.0 Å². The predicted molar refractivity (Wildman–Crippen MR) is 110 cm³/mol. The molecule has 0 spiro atoms. The van der Waals surface area contributed by atoms with Gasteiger partial charge in [-0.05, 0) is 17.5 Å². The summed E-state index contributed by atoms with van der Waals surface area (Å²) in [5, 5.41) is 4.24. The summed E-state index contributed by atoms with van der Waals surface area (Å²) in [6.45, 7) is 3.39. The number of amides is 1. The van der Waals surface area contributed by atoms with Gasteiger partial charge in [0.2, 0.25) is 5.95 Å². The lowest BCUT2D eigenvalue weighted by molar-refractivity contribution is -0.676. The van der Waals surface area contributed by atoms with Gasteiger partial charge in [-0.3, -0.25) is 4.79 Å². The van der Waals surface area contributed by atoms with Crippen LogP contribution in [-0.2, 0) is 4.79 Å². The van der Waals surface area contributed by atoms with Crippen molar-refractivity contribution < 1.29 is 10.1 Å². The normalized spacial score (nSPS) is 15.4. The Morgan fingerprint density at radius 2 is 1.75 bits per heavy atom. The van der Waals surface area contributed by atoms with Crippen LogP contribution in [0, 0.1) is 0 Å². The SMILES string of the molecule is O=C(C[NH2+][C@@H](c1ccccc1)c1cccs1)N1CCN(c2ncccn2)CC1. The molecule has 1 aliphatic rings. The fraction of sp³-hybridized carbons (Fsp3) is 0.286. The van der Waals surface area contributed by atoms with Crippen molar-refractivity contribution in [3.63, 3.8) is 0 Å². The van der Waals surface area contributed by atoms with Crippen molar-refractivity contribution in [1.82, 2.24) is 14.9 Å². The van der Waals surface area contributed by atoms with E-state index in [2.05, 4.69) is 62.0 Å². The molecule has 0 saturated carbocycles. The first-order valence-corrected chi connectivity index (χ1v) is 10.4. The maximum atomic E-state index is 12.8. The van der Waals surface area contributed by atoms with Gasteiger partial charge in [0.05, 0.1) is 4.88 Å². The van der Waals surface area contributed by atoms with E-state index in [1.54, 1.807) is 23.7 Å². The topological polar surface area (TPSA) is 65.9 Å². The van der Waals surface area contributed by atoms with Crippen LogP contribution in [0.15, 0.2) is 66.3 Å². The number of hydrogen-bond acceptors (Lipinski definition) is 5. The highest BCUT2D eigenvalue weighted by molar-refractivity contribution is 7.10. The minimum atomic E-state index is 0.157. The average Bonchev–Trinajstić information content (AvgIpc) is 3.30. The Morgan fingerprint density at radius 3 is 2.43 bits per heavy atom. The van der Waals surface area contributed by atoms with E-state index in [4.69, 9.17) is 0 Å². The molecule has 0 radical (unpaired) electrons. The van der Waals surface area contributed by atoms with E-state index in [0.717, 1.165) is 19.0 Å². The molecule has 1 aromatic carbocycles. The third-order valence-corrected chi connectivity index (χ3v) is 5.96. The maximum absolute atomic E-state index is 12.8. The summed E-state index contributed by atoms with van der Waals surface area (Å²) in [5.74, 6) is 0.925. The number of nitrogens with two attached hydrogens (primary N) is 1. The highest BCUT2D eigenvalue weighted by atomic mass is 32.1. The fourth-order valence-electron chi connectivity index (χ4n) is 3.50. The Morgan fingerprint density at radius 1 is 1.00 bits per heavy atom. The largest absolute Gasteiger partial charge is 0.337 e. The van der Waals surface area contributed by atoms with Crippen molar-refractivity contribution in [1.29, 1.82) is 0 Å². The first kappa shape index (κ1) is 18.6. The van der Waals surface area contributed by atoms with Gasteiger partial charge in [-0.2, -0.15) is 0 Å². The number of carbonyl (C=O) groups is 1. The van der Waals surface area contributed by atoms with E-state index in [9.17, 15) is 4.79 Å². The molecule has 2 aromatic heterocycles. The van der Waals surface area contributed by atoms with Crippen molar-refractivity contribution >= 4 is 23.2 Å². The van der Waals surface area contributed by atoms with Gasteiger partial charge in [0.15, 0.2) is 6.54 Å². The molecule has 0 unspecified atom stereocenters. The third-order valence-electron chi connectivity index (χ3n) is 5.00. The summed E-state index contributed by atoms with van der Waals surface area (Å²) in [6, 6.07) is 16.6. The monoisotopic (exact) mass is 394 g/mol. The van der Waals surface area contributed by atoms with Gasteiger partial charge in [-0.15, -0.1) is 11.3 Å². The van der Waals surface area contributed by atoms with Crippen molar-refractivity contribution in [3.8, 4) is 0 Å². The van der Waals surface area contributed by atoms with Gasteiger partial charge in [-0.1, -0.05) is 36.4 Å². The van der Waals surface area contributed by atoms with E-state index in [-0.39, 0.29) is 11.9 Å². The minimum Gasteiger partial charge on any atom is -0.337 e. The number of anilines is 1. The molecule has 1 fully saturated rings. The van der Waals surface area contributed by atoms with Gasteiger partial charge in [0.25, 0.3) is 5.91 Å². The molecule has 1 atom stereocenters. The molecule has 144 valence electrons. The van der Waals surface area contributed by atoms with Crippen molar-refractivity contribution in [2.45, 2.75) is 6.04 Å². The molecule has 3 aromatic rings. The molecule has 2 N–H and O–H groups in total. The quantitative estimate of drug-likeness (QED) is 0.689. The second-order valence-electron chi connectivity index (χ2n) is 6.76.